The van der Waals surface area contributed by atoms with E-state index in [0.29, 0.717) is 27.2 Å². The van der Waals surface area contributed by atoms with Crippen molar-refractivity contribution in [3.05, 3.63) is 60.7 Å². The van der Waals surface area contributed by atoms with E-state index >= 15 is 0 Å². The van der Waals surface area contributed by atoms with Crippen LogP contribution in [0, 0.1) is 5.82 Å². The van der Waals surface area contributed by atoms with Gasteiger partial charge in [0.05, 0.1) is 11.4 Å². The Balaban J connectivity index is 1.45. The second-order valence-corrected chi connectivity index (χ2v) is 7.67. The third-order valence-electron chi connectivity index (χ3n) is 4.56. The van der Waals surface area contributed by atoms with E-state index in [4.69, 9.17) is 4.74 Å². The average molecular weight is 426 g/mol. The monoisotopic (exact) mass is 426 g/mol. The number of nitrogens with one attached hydrogen (secondary N) is 1. The van der Waals surface area contributed by atoms with Gasteiger partial charge in [0.1, 0.15) is 11.6 Å². The van der Waals surface area contributed by atoms with E-state index in [0.717, 1.165) is 0 Å². The molecule has 0 atom stereocenters. The predicted molar refractivity (Wildman–Crippen MR) is 111 cm³/mol. The maximum absolute atomic E-state index is 13.8. The quantitative estimate of drug-likeness (QED) is 0.653. The molecule has 0 bridgehead atoms. The minimum Gasteiger partial charge on any atom is -0.482 e. The fourth-order valence-corrected chi connectivity index (χ4v) is 3.93. The van der Waals surface area contributed by atoms with Crippen molar-refractivity contribution in [1.82, 2.24) is 9.55 Å². The topological polar surface area (TPSA) is 76.5 Å². The Labute approximate surface area is 176 Å². The van der Waals surface area contributed by atoms with Gasteiger partial charge in [-0.3, -0.25) is 9.59 Å². The summed E-state index contributed by atoms with van der Waals surface area (Å²) in [5, 5.41) is 3.47. The largest absolute Gasteiger partial charge is 0.482 e. The number of carbonyl (C=O) groups is 2. The lowest BCUT2D eigenvalue weighted by atomic mass is 10.2. The number of benzene rings is 2. The first kappa shape index (κ1) is 20.0. The lowest BCUT2D eigenvalue weighted by Crippen LogP contribution is -2.40. The highest BCUT2D eigenvalue weighted by Crippen LogP contribution is 2.34. The number of anilines is 2. The molecule has 1 N–H and O–H groups in total. The SMILES string of the molecule is Cn1ccnc1Sc1ccc(F)cc1NC(=O)CCN1C(=O)COc2ccccc21. The number of amides is 2. The van der Waals surface area contributed by atoms with Gasteiger partial charge >= 0.3 is 0 Å². The number of imidazole rings is 1. The summed E-state index contributed by atoms with van der Waals surface area (Å²) in [6.07, 6.45) is 3.53. The number of nitrogens with zero attached hydrogens (tertiary/aromatic N) is 3. The van der Waals surface area contributed by atoms with Gasteiger partial charge < -0.3 is 19.5 Å². The number of para-hydroxylation sites is 2. The van der Waals surface area contributed by atoms with Crippen LogP contribution in [-0.4, -0.2) is 34.5 Å². The van der Waals surface area contributed by atoms with Gasteiger partial charge in [-0.1, -0.05) is 12.1 Å². The number of ether oxygens (including phenoxy) is 1. The number of halogens is 1. The molecule has 0 aliphatic carbocycles. The molecule has 30 heavy (non-hydrogen) atoms. The van der Waals surface area contributed by atoms with E-state index in [1.54, 1.807) is 30.6 Å². The summed E-state index contributed by atoms with van der Waals surface area (Å²) in [5.74, 6) is -0.375. The second kappa shape index (κ2) is 8.58. The molecule has 0 radical (unpaired) electrons. The van der Waals surface area contributed by atoms with Crippen molar-refractivity contribution in [3.8, 4) is 5.75 Å². The van der Waals surface area contributed by atoms with Gasteiger partial charge in [0.15, 0.2) is 11.8 Å². The highest BCUT2D eigenvalue weighted by Gasteiger charge is 2.25. The van der Waals surface area contributed by atoms with Crippen molar-refractivity contribution in [2.45, 2.75) is 16.5 Å². The Morgan fingerprint density at radius 3 is 2.93 bits per heavy atom. The molecule has 2 amide bonds. The molecule has 3 aromatic rings. The molecule has 9 heteroatoms. The molecule has 0 spiro atoms. The molecule has 2 heterocycles. The molecular weight excluding hydrogens is 407 g/mol. The highest BCUT2D eigenvalue weighted by atomic mass is 32.2. The third-order valence-corrected chi connectivity index (χ3v) is 5.72. The molecule has 2 aromatic carbocycles. The van der Waals surface area contributed by atoms with Crippen LogP contribution in [0.25, 0.3) is 0 Å². The molecule has 154 valence electrons. The summed E-state index contributed by atoms with van der Waals surface area (Å²) in [6, 6.07) is 11.4. The smallest absolute Gasteiger partial charge is 0.265 e. The summed E-state index contributed by atoms with van der Waals surface area (Å²) < 4.78 is 21.0. The molecule has 0 saturated carbocycles. The number of aryl methyl sites for hydroxylation is 1. The fraction of sp³-hybridized carbons (Fsp3) is 0.190. The van der Waals surface area contributed by atoms with Crippen molar-refractivity contribution in [1.29, 1.82) is 0 Å². The lowest BCUT2D eigenvalue weighted by Gasteiger charge is -2.29. The molecule has 7 nitrogen and oxygen atoms in total. The van der Waals surface area contributed by atoms with Crippen molar-refractivity contribution in [2.75, 3.05) is 23.4 Å². The van der Waals surface area contributed by atoms with Gasteiger partial charge in [0, 0.05) is 37.3 Å². The fourth-order valence-electron chi connectivity index (χ4n) is 3.06. The molecule has 0 fully saturated rings. The number of hydrogen-bond acceptors (Lipinski definition) is 5. The number of carbonyl (C=O) groups excluding carboxylic acids is 2. The normalized spacial score (nSPS) is 13.0. The maximum Gasteiger partial charge on any atom is 0.265 e. The van der Waals surface area contributed by atoms with Crippen LogP contribution >= 0.6 is 11.8 Å². The lowest BCUT2D eigenvalue weighted by molar-refractivity contribution is -0.121. The van der Waals surface area contributed by atoms with E-state index in [1.807, 2.05) is 23.7 Å². The first-order chi connectivity index (χ1) is 14.5. The zero-order chi connectivity index (χ0) is 21.1. The van der Waals surface area contributed by atoms with Gasteiger partial charge in [-0.2, -0.15) is 0 Å². The maximum atomic E-state index is 13.8. The number of hydrogen-bond donors (Lipinski definition) is 1. The summed E-state index contributed by atoms with van der Waals surface area (Å²) >= 11 is 1.32. The predicted octanol–water partition coefficient (Wildman–Crippen LogP) is 3.46. The van der Waals surface area contributed by atoms with Gasteiger partial charge in [-0.25, -0.2) is 9.37 Å². The molecular formula is C21H19FN4O3S. The van der Waals surface area contributed by atoms with E-state index in [2.05, 4.69) is 10.3 Å². The number of fused-ring (bicyclic) bond motifs is 1. The van der Waals surface area contributed by atoms with Crippen molar-refractivity contribution < 1.29 is 18.7 Å². The van der Waals surface area contributed by atoms with Gasteiger partial charge in [-0.05, 0) is 42.1 Å². The Bertz CT molecular complexity index is 1100. The molecule has 1 aliphatic rings. The minimum absolute atomic E-state index is 0.0586. The van der Waals surface area contributed by atoms with Crippen LogP contribution < -0.4 is 15.0 Å². The van der Waals surface area contributed by atoms with Gasteiger partial charge in [-0.15, -0.1) is 0 Å². The van der Waals surface area contributed by atoms with E-state index in [1.165, 1.54) is 28.8 Å². The Kier molecular flexibility index (Phi) is 5.71. The van der Waals surface area contributed by atoms with E-state index in [-0.39, 0.29) is 31.4 Å². The van der Waals surface area contributed by atoms with Crippen LogP contribution in [0.1, 0.15) is 6.42 Å². The molecule has 4 rings (SSSR count). The molecule has 1 aromatic heterocycles. The zero-order valence-corrected chi connectivity index (χ0v) is 17.0. The minimum atomic E-state index is -0.452. The summed E-state index contributed by atoms with van der Waals surface area (Å²) in [4.78, 5) is 31.3. The van der Waals surface area contributed by atoms with E-state index in [9.17, 15) is 14.0 Å². The van der Waals surface area contributed by atoms with Gasteiger partial charge in [0.25, 0.3) is 5.91 Å². The van der Waals surface area contributed by atoms with Crippen LogP contribution in [0.2, 0.25) is 0 Å². The van der Waals surface area contributed by atoms with Crippen LogP contribution in [0.5, 0.6) is 5.75 Å². The first-order valence-corrected chi connectivity index (χ1v) is 10.1. The highest BCUT2D eigenvalue weighted by molar-refractivity contribution is 7.99. The van der Waals surface area contributed by atoms with E-state index < -0.39 is 5.82 Å². The first-order valence-electron chi connectivity index (χ1n) is 9.28. The van der Waals surface area contributed by atoms with Crippen LogP contribution in [-0.2, 0) is 16.6 Å². The Morgan fingerprint density at radius 2 is 2.13 bits per heavy atom. The van der Waals surface area contributed by atoms with Crippen LogP contribution in [0.4, 0.5) is 15.8 Å². The Morgan fingerprint density at radius 1 is 1.30 bits per heavy atom. The summed E-state index contributed by atoms with van der Waals surface area (Å²) in [6.45, 7) is 0.134. The van der Waals surface area contributed by atoms with Crippen molar-refractivity contribution >= 4 is 35.0 Å². The van der Waals surface area contributed by atoms with Crippen molar-refractivity contribution in [3.63, 3.8) is 0 Å². The van der Waals surface area contributed by atoms with Crippen molar-refractivity contribution in [2.24, 2.45) is 7.05 Å². The number of aromatic nitrogens is 2. The summed E-state index contributed by atoms with van der Waals surface area (Å²) in [7, 11) is 1.86. The van der Waals surface area contributed by atoms with Gasteiger partial charge in [0.2, 0.25) is 5.91 Å². The van der Waals surface area contributed by atoms with Crippen LogP contribution in [0.3, 0.4) is 0 Å². The number of rotatable bonds is 6. The Hall–Kier alpha value is -3.33. The summed E-state index contributed by atoms with van der Waals surface area (Å²) in [5.41, 5.74) is 1.00. The average Bonchev–Trinajstić information content (AvgIpc) is 3.13. The molecule has 0 unspecified atom stereocenters. The van der Waals surface area contributed by atoms with Crippen LogP contribution in [0.15, 0.2) is 64.9 Å². The molecule has 1 aliphatic heterocycles. The third kappa shape index (κ3) is 4.30. The second-order valence-electron chi connectivity index (χ2n) is 6.66. The zero-order valence-electron chi connectivity index (χ0n) is 16.2. The molecule has 0 saturated heterocycles. The standard InChI is InChI=1S/C21H19FN4O3S/c1-25-11-9-23-21(25)30-18-7-6-14(22)12-15(18)24-19(27)8-10-26-16-4-2-3-5-17(16)29-13-20(26)28/h2-7,9,11-12H,8,10,13H2,1H3,(H,24,27).